The molecule has 0 aliphatic carbocycles. The van der Waals surface area contributed by atoms with Gasteiger partial charge in [0, 0.05) is 23.0 Å². The first-order chi connectivity index (χ1) is 5.13. The van der Waals surface area contributed by atoms with Crippen molar-refractivity contribution in [1.82, 2.24) is 0 Å². The first-order valence-corrected chi connectivity index (χ1v) is 6.46. The minimum atomic E-state index is -2.00. The Morgan fingerprint density at radius 3 is 1.64 bits per heavy atom. The lowest BCUT2D eigenvalue weighted by Gasteiger charge is -2.05. The summed E-state index contributed by atoms with van der Waals surface area (Å²) in [5.74, 6) is 1.12. The maximum atomic E-state index is 9.96. The van der Waals surface area contributed by atoms with Crippen molar-refractivity contribution < 1.29 is 17.5 Å². The van der Waals surface area contributed by atoms with Crippen molar-refractivity contribution >= 4 is 33.9 Å². The van der Waals surface area contributed by atoms with Gasteiger partial charge in [-0.15, -0.1) is 0 Å². The van der Waals surface area contributed by atoms with Crippen LogP contribution in [0.5, 0.6) is 0 Å². The molecule has 11 heavy (non-hydrogen) atoms. The molecule has 0 bridgehead atoms. The van der Waals surface area contributed by atoms with Crippen LogP contribution >= 0.6 is 11.8 Å². The molecule has 0 fully saturated rings. The summed E-state index contributed by atoms with van der Waals surface area (Å²) in [7, 11) is 0. The lowest BCUT2D eigenvalue weighted by molar-refractivity contribution is 0.537. The Bertz CT molecular complexity index is 132. The standard InChI is InChI=1S/C4H10O4S3/c5-10(6)3-1-9-2-4-11(7)8/h1-4H2,(H,5,6)(H,7,8)/p-2. The Morgan fingerprint density at radius 1 is 1.00 bits per heavy atom. The lowest BCUT2D eigenvalue weighted by atomic mass is 10.9. The van der Waals surface area contributed by atoms with Crippen molar-refractivity contribution in [2.24, 2.45) is 0 Å². The van der Waals surface area contributed by atoms with Crippen LogP contribution in [0.4, 0.5) is 0 Å². The minimum absolute atomic E-state index is 0.0934. The molecule has 0 aliphatic rings. The summed E-state index contributed by atoms with van der Waals surface area (Å²) in [6.45, 7) is 0. The van der Waals surface area contributed by atoms with E-state index in [2.05, 4.69) is 0 Å². The van der Waals surface area contributed by atoms with Crippen LogP contribution in [-0.4, -0.2) is 40.5 Å². The van der Waals surface area contributed by atoms with Gasteiger partial charge in [-0.25, -0.2) is 0 Å². The average Bonchev–Trinajstić information content (AvgIpc) is 1.85. The van der Waals surface area contributed by atoms with E-state index in [0.717, 1.165) is 0 Å². The summed E-state index contributed by atoms with van der Waals surface area (Å²) < 4.78 is 39.8. The molecular weight excluding hydrogens is 208 g/mol. The fourth-order valence-electron chi connectivity index (χ4n) is 0.356. The van der Waals surface area contributed by atoms with Crippen LogP contribution in [0.2, 0.25) is 0 Å². The maximum Gasteiger partial charge on any atom is 0.0192 e. The first-order valence-electron chi connectivity index (χ1n) is 2.82. The molecule has 0 aliphatic heterocycles. The number of hydrogen-bond donors (Lipinski definition) is 0. The molecule has 0 saturated carbocycles. The molecule has 0 saturated heterocycles. The zero-order valence-corrected chi connectivity index (χ0v) is 8.14. The second kappa shape index (κ2) is 7.23. The van der Waals surface area contributed by atoms with Gasteiger partial charge >= 0.3 is 0 Å². The van der Waals surface area contributed by atoms with Crippen molar-refractivity contribution in [3.63, 3.8) is 0 Å². The van der Waals surface area contributed by atoms with Gasteiger partial charge in [0.2, 0.25) is 0 Å². The zero-order valence-electron chi connectivity index (χ0n) is 5.69. The quantitative estimate of drug-likeness (QED) is 0.441. The van der Waals surface area contributed by atoms with E-state index in [1.807, 2.05) is 0 Å². The summed E-state index contributed by atoms with van der Waals surface area (Å²) >= 11 is -2.69. The largest absolute Gasteiger partial charge is 0.772 e. The Hall–Kier alpha value is 0.570. The summed E-state index contributed by atoms with van der Waals surface area (Å²) in [5.41, 5.74) is 0. The summed E-state index contributed by atoms with van der Waals surface area (Å²) in [6, 6.07) is 0. The highest BCUT2D eigenvalue weighted by Gasteiger charge is 1.89. The van der Waals surface area contributed by atoms with Gasteiger partial charge in [0.05, 0.1) is 0 Å². The Labute approximate surface area is 74.7 Å². The van der Waals surface area contributed by atoms with Gasteiger partial charge in [-0.05, 0) is 0 Å². The molecule has 2 atom stereocenters. The summed E-state index contributed by atoms with van der Waals surface area (Å²) in [4.78, 5) is 0. The van der Waals surface area contributed by atoms with Crippen LogP contribution in [0, 0.1) is 0 Å². The van der Waals surface area contributed by atoms with E-state index >= 15 is 0 Å². The molecule has 0 rings (SSSR count). The van der Waals surface area contributed by atoms with Crippen LogP contribution < -0.4 is 0 Å². The molecular formula is C4H8O4S3-2. The molecule has 0 aromatic carbocycles. The van der Waals surface area contributed by atoms with Crippen LogP contribution in [0.3, 0.4) is 0 Å². The SMILES string of the molecule is O=S([O-])CCSCCS(=O)[O-]. The smallest absolute Gasteiger partial charge is 0.0192 e. The normalized spacial score (nSPS) is 16.2. The summed E-state index contributed by atoms with van der Waals surface area (Å²) in [5, 5.41) is 0. The van der Waals surface area contributed by atoms with Crippen molar-refractivity contribution in [2.75, 3.05) is 23.0 Å². The topological polar surface area (TPSA) is 80.3 Å². The van der Waals surface area contributed by atoms with E-state index in [9.17, 15) is 17.5 Å². The van der Waals surface area contributed by atoms with Crippen LogP contribution in [0.25, 0.3) is 0 Å². The van der Waals surface area contributed by atoms with Gasteiger partial charge in [0.1, 0.15) is 0 Å². The Kier molecular flexibility index (Phi) is 7.61. The van der Waals surface area contributed by atoms with Gasteiger partial charge in [0.15, 0.2) is 0 Å². The molecule has 0 spiro atoms. The second-order valence-electron chi connectivity index (χ2n) is 1.63. The fourth-order valence-corrected chi connectivity index (χ4v) is 2.59. The molecule has 2 unspecified atom stereocenters. The van der Waals surface area contributed by atoms with E-state index in [-0.39, 0.29) is 11.5 Å². The van der Waals surface area contributed by atoms with Crippen LogP contribution in [0.15, 0.2) is 0 Å². The van der Waals surface area contributed by atoms with E-state index in [1.165, 1.54) is 11.8 Å². The third-order valence-electron chi connectivity index (χ3n) is 0.789. The minimum Gasteiger partial charge on any atom is -0.772 e. The highest BCUT2D eigenvalue weighted by molar-refractivity contribution is 8.00. The fraction of sp³-hybridized carbons (Fsp3) is 1.00. The monoisotopic (exact) mass is 216 g/mol. The third-order valence-corrected chi connectivity index (χ3v) is 3.37. The molecule has 0 amide bonds. The van der Waals surface area contributed by atoms with Crippen molar-refractivity contribution in [1.29, 1.82) is 0 Å². The highest BCUT2D eigenvalue weighted by atomic mass is 32.2. The molecule has 0 aromatic heterocycles. The third kappa shape index (κ3) is 10.6. The van der Waals surface area contributed by atoms with Crippen LogP contribution in [0.1, 0.15) is 0 Å². The van der Waals surface area contributed by atoms with E-state index in [0.29, 0.717) is 11.5 Å². The van der Waals surface area contributed by atoms with Crippen molar-refractivity contribution in [2.45, 2.75) is 0 Å². The molecule has 0 heterocycles. The predicted molar refractivity (Wildman–Crippen MR) is 44.9 cm³/mol. The van der Waals surface area contributed by atoms with Crippen molar-refractivity contribution in [3.8, 4) is 0 Å². The number of rotatable bonds is 6. The molecule has 0 aromatic rings. The molecule has 4 nitrogen and oxygen atoms in total. The van der Waals surface area contributed by atoms with E-state index in [1.54, 1.807) is 0 Å². The van der Waals surface area contributed by atoms with Gasteiger partial charge in [0.25, 0.3) is 0 Å². The van der Waals surface area contributed by atoms with Gasteiger partial charge in [-0.2, -0.15) is 11.8 Å². The zero-order chi connectivity index (χ0) is 8.69. The molecule has 7 heteroatoms. The van der Waals surface area contributed by atoms with E-state index < -0.39 is 22.2 Å². The molecule has 68 valence electrons. The van der Waals surface area contributed by atoms with Gasteiger partial charge < -0.3 is 9.11 Å². The van der Waals surface area contributed by atoms with E-state index in [4.69, 9.17) is 0 Å². The number of thioether (sulfide) groups is 1. The highest BCUT2D eigenvalue weighted by Crippen LogP contribution is 1.99. The predicted octanol–water partition coefficient (Wildman–Crippen LogP) is -0.522. The molecule has 0 radical (unpaired) electrons. The average molecular weight is 216 g/mol. The Balaban J connectivity index is 3.03. The Morgan fingerprint density at radius 2 is 1.36 bits per heavy atom. The maximum absolute atomic E-state index is 9.96. The van der Waals surface area contributed by atoms with Crippen molar-refractivity contribution in [3.05, 3.63) is 0 Å². The second-order valence-corrected chi connectivity index (χ2v) is 4.88. The lowest BCUT2D eigenvalue weighted by Crippen LogP contribution is -2.02. The van der Waals surface area contributed by atoms with Gasteiger partial charge in [-0.3, -0.25) is 8.42 Å². The van der Waals surface area contributed by atoms with Crippen LogP contribution in [-0.2, 0) is 22.2 Å². The summed E-state index contributed by atoms with van der Waals surface area (Å²) in [6.07, 6.45) is 0. The first kappa shape index (κ1) is 11.6. The number of hydrogen-bond acceptors (Lipinski definition) is 5. The molecule has 0 N–H and O–H groups in total. The van der Waals surface area contributed by atoms with Gasteiger partial charge in [-0.1, -0.05) is 22.2 Å².